The van der Waals surface area contributed by atoms with E-state index in [1.807, 2.05) is 6.07 Å². The maximum atomic E-state index is 12.4. The van der Waals surface area contributed by atoms with Crippen LogP contribution in [-0.4, -0.2) is 36.1 Å². The Morgan fingerprint density at radius 1 is 1.21 bits per heavy atom. The van der Waals surface area contributed by atoms with Crippen molar-refractivity contribution in [3.63, 3.8) is 0 Å². The highest BCUT2D eigenvalue weighted by molar-refractivity contribution is 5.84. The molecule has 0 aliphatic rings. The van der Waals surface area contributed by atoms with E-state index in [4.69, 9.17) is 4.74 Å². The van der Waals surface area contributed by atoms with Gasteiger partial charge < -0.3 is 9.64 Å². The van der Waals surface area contributed by atoms with Gasteiger partial charge in [-0.1, -0.05) is 30.3 Å². The normalized spacial score (nSPS) is 11.4. The van der Waals surface area contributed by atoms with Crippen LogP contribution in [0.3, 0.4) is 0 Å². The summed E-state index contributed by atoms with van der Waals surface area (Å²) in [5, 5.41) is 10.8. The third-order valence-corrected chi connectivity index (χ3v) is 3.34. The van der Waals surface area contributed by atoms with Gasteiger partial charge in [0.15, 0.2) is 6.29 Å². The van der Waals surface area contributed by atoms with Gasteiger partial charge in [-0.3, -0.25) is 19.7 Å². The molecule has 24 heavy (non-hydrogen) atoms. The Balaban J connectivity index is 2.41. The summed E-state index contributed by atoms with van der Waals surface area (Å²) in [6.45, 7) is 0. The number of hydrogen-bond donors (Lipinski definition) is 0. The van der Waals surface area contributed by atoms with Crippen LogP contribution in [0, 0.1) is 10.1 Å². The summed E-state index contributed by atoms with van der Waals surface area (Å²) in [4.78, 5) is 35.2. The monoisotopic (exact) mass is 328 g/mol. The standard InChI is InChI=1S/C17H16N2O5/c1-18(2)17(21)16(12-6-4-3-5-7-12)24-15-9-8-14(19(22)23)10-13(15)11-20/h3-11,16H,1-2H3/t16-/m0/s1. The van der Waals surface area contributed by atoms with Crippen LogP contribution in [0.15, 0.2) is 48.5 Å². The Morgan fingerprint density at radius 2 is 1.88 bits per heavy atom. The third-order valence-electron chi connectivity index (χ3n) is 3.34. The van der Waals surface area contributed by atoms with Crippen molar-refractivity contribution in [1.29, 1.82) is 0 Å². The average molecular weight is 328 g/mol. The fourth-order valence-electron chi connectivity index (χ4n) is 2.10. The van der Waals surface area contributed by atoms with Crippen molar-refractivity contribution in [3.8, 4) is 5.75 Å². The minimum absolute atomic E-state index is 0.0108. The van der Waals surface area contributed by atoms with E-state index in [2.05, 4.69) is 0 Å². The number of hydrogen-bond acceptors (Lipinski definition) is 5. The highest BCUT2D eigenvalue weighted by Gasteiger charge is 2.25. The number of amides is 1. The summed E-state index contributed by atoms with van der Waals surface area (Å²) in [5.41, 5.74) is 0.405. The zero-order valence-electron chi connectivity index (χ0n) is 13.2. The molecule has 0 bridgehead atoms. The maximum Gasteiger partial charge on any atom is 0.270 e. The molecule has 0 aliphatic heterocycles. The SMILES string of the molecule is CN(C)C(=O)[C@@H](Oc1ccc([N+](=O)[O-])cc1C=O)c1ccccc1. The predicted octanol–water partition coefficient (Wildman–Crippen LogP) is 2.62. The minimum atomic E-state index is -0.957. The molecule has 0 aromatic heterocycles. The van der Waals surface area contributed by atoms with Crippen molar-refractivity contribution < 1.29 is 19.2 Å². The second kappa shape index (κ2) is 7.36. The number of nitro groups is 1. The van der Waals surface area contributed by atoms with Crippen LogP contribution >= 0.6 is 0 Å². The molecular formula is C17H16N2O5. The molecule has 124 valence electrons. The Bertz CT molecular complexity index is 759. The van der Waals surface area contributed by atoms with Crippen molar-refractivity contribution in [1.82, 2.24) is 4.90 Å². The fourth-order valence-corrected chi connectivity index (χ4v) is 2.10. The first kappa shape index (κ1) is 17.1. The van der Waals surface area contributed by atoms with E-state index in [9.17, 15) is 19.7 Å². The van der Waals surface area contributed by atoms with Crippen LogP contribution in [-0.2, 0) is 4.79 Å². The number of nitro benzene ring substituents is 1. The number of rotatable bonds is 6. The molecule has 0 saturated carbocycles. The van der Waals surface area contributed by atoms with Crippen LogP contribution in [0.4, 0.5) is 5.69 Å². The van der Waals surface area contributed by atoms with E-state index >= 15 is 0 Å². The minimum Gasteiger partial charge on any atom is -0.475 e. The topological polar surface area (TPSA) is 89.8 Å². The molecular weight excluding hydrogens is 312 g/mol. The Kier molecular flexibility index (Phi) is 5.26. The Morgan fingerprint density at radius 3 is 2.42 bits per heavy atom. The van der Waals surface area contributed by atoms with Crippen LogP contribution < -0.4 is 4.74 Å². The number of carbonyl (C=O) groups excluding carboxylic acids is 2. The quantitative estimate of drug-likeness (QED) is 0.462. The summed E-state index contributed by atoms with van der Waals surface area (Å²) in [5.74, 6) is -0.198. The van der Waals surface area contributed by atoms with E-state index in [0.29, 0.717) is 11.8 Å². The molecule has 7 heteroatoms. The van der Waals surface area contributed by atoms with Gasteiger partial charge in [0, 0.05) is 31.8 Å². The molecule has 7 nitrogen and oxygen atoms in total. The lowest BCUT2D eigenvalue weighted by Gasteiger charge is -2.22. The van der Waals surface area contributed by atoms with Gasteiger partial charge >= 0.3 is 0 Å². The zero-order chi connectivity index (χ0) is 17.7. The lowest BCUT2D eigenvalue weighted by molar-refractivity contribution is -0.384. The van der Waals surface area contributed by atoms with Crippen molar-refractivity contribution in [3.05, 3.63) is 69.8 Å². The van der Waals surface area contributed by atoms with E-state index in [1.54, 1.807) is 38.4 Å². The smallest absolute Gasteiger partial charge is 0.270 e. The molecule has 0 saturated heterocycles. The summed E-state index contributed by atoms with van der Waals surface area (Å²) in [6, 6.07) is 12.5. The largest absolute Gasteiger partial charge is 0.475 e. The second-order valence-corrected chi connectivity index (χ2v) is 5.24. The predicted molar refractivity (Wildman–Crippen MR) is 87.0 cm³/mol. The fraction of sp³-hybridized carbons (Fsp3) is 0.176. The number of likely N-dealkylation sites (N-methyl/N-ethyl adjacent to an activating group) is 1. The molecule has 0 N–H and O–H groups in total. The van der Waals surface area contributed by atoms with Gasteiger partial charge in [-0.2, -0.15) is 0 Å². The highest BCUT2D eigenvalue weighted by Crippen LogP contribution is 2.28. The van der Waals surface area contributed by atoms with E-state index in [-0.39, 0.29) is 22.9 Å². The lowest BCUT2D eigenvalue weighted by atomic mass is 10.1. The molecule has 0 unspecified atom stereocenters. The Hall–Kier alpha value is -3.22. The summed E-state index contributed by atoms with van der Waals surface area (Å²) >= 11 is 0. The lowest BCUT2D eigenvalue weighted by Crippen LogP contribution is -2.31. The van der Waals surface area contributed by atoms with Gasteiger partial charge in [0.1, 0.15) is 5.75 Å². The zero-order valence-corrected chi connectivity index (χ0v) is 13.2. The first-order chi connectivity index (χ1) is 11.4. The molecule has 0 aliphatic carbocycles. The first-order valence-electron chi connectivity index (χ1n) is 7.10. The van der Waals surface area contributed by atoms with Gasteiger partial charge in [0.25, 0.3) is 11.6 Å². The summed E-state index contributed by atoms with van der Waals surface area (Å²) in [6.07, 6.45) is -0.494. The number of ether oxygens (including phenoxy) is 1. The van der Waals surface area contributed by atoms with E-state index in [1.165, 1.54) is 17.0 Å². The summed E-state index contributed by atoms with van der Waals surface area (Å²) < 4.78 is 5.74. The number of aldehydes is 1. The summed E-state index contributed by atoms with van der Waals surface area (Å²) in [7, 11) is 3.19. The van der Waals surface area contributed by atoms with Crippen molar-refractivity contribution in [2.75, 3.05) is 14.1 Å². The van der Waals surface area contributed by atoms with Crippen molar-refractivity contribution >= 4 is 17.9 Å². The number of non-ortho nitro benzene ring substituents is 1. The van der Waals surface area contributed by atoms with Gasteiger partial charge in [-0.05, 0) is 6.07 Å². The second-order valence-electron chi connectivity index (χ2n) is 5.24. The molecule has 0 heterocycles. The van der Waals surface area contributed by atoms with Crippen LogP contribution in [0.5, 0.6) is 5.75 Å². The highest BCUT2D eigenvalue weighted by atomic mass is 16.6. The van der Waals surface area contributed by atoms with Gasteiger partial charge in [-0.15, -0.1) is 0 Å². The molecule has 0 radical (unpaired) electrons. The maximum absolute atomic E-state index is 12.4. The van der Waals surface area contributed by atoms with Gasteiger partial charge in [-0.25, -0.2) is 0 Å². The van der Waals surface area contributed by atoms with Crippen LogP contribution in [0.2, 0.25) is 0 Å². The van der Waals surface area contributed by atoms with E-state index in [0.717, 1.165) is 6.07 Å². The van der Waals surface area contributed by atoms with Crippen LogP contribution in [0.25, 0.3) is 0 Å². The van der Waals surface area contributed by atoms with Gasteiger partial charge in [0.2, 0.25) is 6.10 Å². The molecule has 0 spiro atoms. The molecule has 2 aromatic carbocycles. The van der Waals surface area contributed by atoms with E-state index < -0.39 is 11.0 Å². The average Bonchev–Trinajstić information content (AvgIpc) is 2.59. The first-order valence-corrected chi connectivity index (χ1v) is 7.10. The van der Waals surface area contributed by atoms with Crippen molar-refractivity contribution in [2.45, 2.75) is 6.10 Å². The third kappa shape index (κ3) is 3.75. The molecule has 1 atom stereocenters. The number of carbonyl (C=O) groups is 2. The Labute approximate surface area is 138 Å². The number of nitrogens with zero attached hydrogens (tertiary/aromatic N) is 2. The van der Waals surface area contributed by atoms with Gasteiger partial charge in [0.05, 0.1) is 10.5 Å². The molecule has 2 rings (SSSR count). The number of benzene rings is 2. The van der Waals surface area contributed by atoms with Crippen molar-refractivity contribution in [2.24, 2.45) is 0 Å². The molecule has 2 aromatic rings. The van der Waals surface area contributed by atoms with Crippen LogP contribution in [0.1, 0.15) is 22.0 Å². The molecule has 0 fully saturated rings. The molecule has 1 amide bonds.